The lowest BCUT2D eigenvalue weighted by atomic mass is 10.1. The standard InChI is InChI=1S/C21H28N4O2/c1-4-22-21(25-15-17-7-5-16(2)6-8-17)24-14-13-23-20(26)18-9-11-19(27-3)12-10-18/h5-12H,4,13-15H2,1-3H3,(H,23,26)(H2,22,24,25). The molecule has 2 rings (SSSR count). The van der Waals surface area contributed by atoms with Crippen molar-refractivity contribution in [1.82, 2.24) is 16.0 Å². The van der Waals surface area contributed by atoms with Crippen LogP contribution < -0.4 is 20.7 Å². The maximum atomic E-state index is 12.1. The number of nitrogens with zero attached hydrogens (tertiary/aromatic N) is 1. The van der Waals surface area contributed by atoms with Gasteiger partial charge in [-0.1, -0.05) is 29.8 Å². The highest BCUT2D eigenvalue weighted by Crippen LogP contribution is 2.10. The minimum atomic E-state index is -0.110. The van der Waals surface area contributed by atoms with Gasteiger partial charge >= 0.3 is 0 Å². The van der Waals surface area contributed by atoms with Crippen molar-refractivity contribution in [2.45, 2.75) is 20.4 Å². The number of aryl methyl sites for hydroxylation is 1. The molecule has 3 N–H and O–H groups in total. The first-order chi connectivity index (χ1) is 13.1. The van der Waals surface area contributed by atoms with Gasteiger partial charge in [-0.2, -0.15) is 0 Å². The minimum Gasteiger partial charge on any atom is -0.497 e. The summed E-state index contributed by atoms with van der Waals surface area (Å²) in [6.07, 6.45) is 0. The van der Waals surface area contributed by atoms with Crippen LogP contribution in [0.4, 0.5) is 0 Å². The number of rotatable bonds is 8. The molecule has 0 aliphatic rings. The average molecular weight is 368 g/mol. The van der Waals surface area contributed by atoms with E-state index in [-0.39, 0.29) is 5.91 Å². The number of hydrogen-bond acceptors (Lipinski definition) is 3. The van der Waals surface area contributed by atoms with Gasteiger partial charge in [0.2, 0.25) is 0 Å². The van der Waals surface area contributed by atoms with E-state index >= 15 is 0 Å². The predicted molar refractivity (Wildman–Crippen MR) is 109 cm³/mol. The van der Waals surface area contributed by atoms with Crippen molar-refractivity contribution in [2.75, 3.05) is 26.7 Å². The Kier molecular flexibility index (Phi) is 8.16. The second-order valence-electron chi connectivity index (χ2n) is 6.09. The maximum absolute atomic E-state index is 12.1. The van der Waals surface area contributed by atoms with Crippen molar-refractivity contribution in [3.05, 3.63) is 65.2 Å². The molecule has 2 aromatic rings. The van der Waals surface area contributed by atoms with E-state index in [1.165, 1.54) is 5.56 Å². The number of aliphatic imine (C=N–C) groups is 1. The first-order valence-corrected chi connectivity index (χ1v) is 9.12. The van der Waals surface area contributed by atoms with Crippen molar-refractivity contribution >= 4 is 11.9 Å². The summed E-state index contributed by atoms with van der Waals surface area (Å²) in [5.74, 6) is 1.35. The van der Waals surface area contributed by atoms with Gasteiger partial charge in [0.05, 0.1) is 13.7 Å². The number of guanidine groups is 1. The van der Waals surface area contributed by atoms with Crippen molar-refractivity contribution in [3.8, 4) is 5.75 Å². The monoisotopic (exact) mass is 368 g/mol. The van der Waals surface area contributed by atoms with Crippen LogP contribution in [0.5, 0.6) is 5.75 Å². The molecule has 0 unspecified atom stereocenters. The summed E-state index contributed by atoms with van der Waals surface area (Å²) in [6.45, 7) is 6.56. The lowest BCUT2D eigenvalue weighted by Crippen LogP contribution is -2.41. The summed E-state index contributed by atoms with van der Waals surface area (Å²) in [4.78, 5) is 16.7. The van der Waals surface area contributed by atoms with Gasteiger partial charge in [0.25, 0.3) is 5.91 Å². The van der Waals surface area contributed by atoms with Crippen LogP contribution in [-0.4, -0.2) is 38.6 Å². The van der Waals surface area contributed by atoms with E-state index in [0.29, 0.717) is 25.2 Å². The van der Waals surface area contributed by atoms with Gasteiger partial charge in [0.1, 0.15) is 5.75 Å². The molecule has 0 aliphatic heterocycles. The van der Waals surface area contributed by atoms with E-state index < -0.39 is 0 Å². The number of nitrogens with one attached hydrogen (secondary N) is 3. The number of amides is 1. The molecular weight excluding hydrogens is 340 g/mol. The van der Waals surface area contributed by atoms with Crippen LogP contribution in [0.15, 0.2) is 53.5 Å². The van der Waals surface area contributed by atoms with E-state index in [2.05, 4.69) is 52.1 Å². The predicted octanol–water partition coefficient (Wildman–Crippen LogP) is 2.49. The molecule has 0 radical (unpaired) electrons. The fraction of sp³-hybridized carbons (Fsp3) is 0.333. The molecule has 0 aliphatic carbocycles. The molecule has 6 heteroatoms. The maximum Gasteiger partial charge on any atom is 0.251 e. The lowest BCUT2D eigenvalue weighted by Gasteiger charge is -2.12. The van der Waals surface area contributed by atoms with Gasteiger partial charge in [-0.3, -0.25) is 4.79 Å². The molecule has 0 atom stereocenters. The lowest BCUT2D eigenvalue weighted by molar-refractivity contribution is 0.0954. The zero-order chi connectivity index (χ0) is 19.5. The number of benzene rings is 2. The van der Waals surface area contributed by atoms with Crippen LogP contribution in [0.1, 0.15) is 28.4 Å². The first kappa shape index (κ1) is 20.3. The Bertz CT molecular complexity index is 740. The Hall–Kier alpha value is -3.02. The van der Waals surface area contributed by atoms with Crippen molar-refractivity contribution in [2.24, 2.45) is 4.99 Å². The van der Waals surface area contributed by atoms with Crippen molar-refractivity contribution in [1.29, 1.82) is 0 Å². The van der Waals surface area contributed by atoms with Crippen LogP contribution >= 0.6 is 0 Å². The molecule has 0 fully saturated rings. The SMILES string of the molecule is CCNC(=NCc1ccc(C)cc1)NCCNC(=O)c1ccc(OC)cc1. The second kappa shape index (κ2) is 10.9. The minimum absolute atomic E-state index is 0.110. The Balaban J connectivity index is 1.78. The van der Waals surface area contributed by atoms with E-state index in [9.17, 15) is 4.79 Å². The molecule has 1 amide bonds. The number of hydrogen-bond donors (Lipinski definition) is 3. The molecule has 2 aromatic carbocycles. The molecule has 0 saturated heterocycles. The molecule has 0 spiro atoms. The van der Waals surface area contributed by atoms with Crippen LogP contribution in [0.3, 0.4) is 0 Å². The van der Waals surface area contributed by atoms with Gasteiger partial charge in [-0.15, -0.1) is 0 Å². The Morgan fingerprint density at radius 1 is 0.963 bits per heavy atom. The summed E-state index contributed by atoms with van der Waals surface area (Å²) in [7, 11) is 1.60. The molecule has 6 nitrogen and oxygen atoms in total. The molecule has 0 saturated carbocycles. The summed E-state index contributed by atoms with van der Waals surface area (Å²) in [5, 5.41) is 9.33. The fourth-order valence-corrected chi connectivity index (χ4v) is 2.41. The number of methoxy groups -OCH3 is 1. The summed E-state index contributed by atoms with van der Waals surface area (Å²) < 4.78 is 5.10. The molecule has 0 bridgehead atoms. The Labute approximate surface area is 161 Å². The smallest absolute Gasteiger partial charge is 0.251 e. The number of carbonyl (C=O) groups is 1. The van der Waals surface area contributed by atoms with Gasteiger partial charge in [0.15, 0.2) is 5.96 Å². The van der Waals surface area contributed by atoms with E-state index in [4.69, 9.17) is 4.74 Å². The molecule has 0 heterocycles. The van der Waals surface area contributed by atoms with Crippen molar-refractivity contribution in [3.63, 3.8) is 0 Å². The summed E-state index contributed by atoms with van der Waals surface area (Å²) in [5.41, 5.74) is 3.00. The first-order valence-electron chi connectivity index (χ1n) is 9.12. The van der Waals surface area contributed by atoms with Crippen LogP contribution in [-0.2, 0) is 6.54 Å². The van der Waals surface area contributed by atoms with E-state index in [0.717, 1.165) is 23.8 Å². The molecule has 27 heavy (non-hydrogen) atoms. The van der Waals surface area contributed by atoms with E-state index in [1.807, 2.05) is 6.92 Å². The van der Waals surface area contributed by atoms with Crippen molar-refractivity contribution < 1.29 is 9.53 Å². The van der Waals surface area contributed by atoms with Crippen LogP contribution in [0.25, 0.3) is 0 Å². The zero-order valence-electron chi connectivity index (χ0n) is 16.2. The number of carbonyl (C=O) groups excluding carboxylic acids is 1. The highest BCUT2D eigenvalue weighted by Gasteiger charge is 2.05. The van der Waals surface area contributed by atoms with Gasteiger partial charge < -0.3 is 20.7 Å². The topological polar surface area (TPSA) is 74.8 Å². The highest BCUT2D eigenvalue weighted by atomic mass is 16.5. The Morgan fingerprint density at radius 3 is 2.26 bits per heavy atom. The third kappa shape index (κ3) is 7.01. The second-order valence-corrected chi connectivity index (χ2v) is 6.09. The molecule has 0 aromatic heterocycles. The molecule has 144 valence electrons. The fourth-order valence-electron chi connectivity index (χ4n) is 2.41. The summed E-state index contributed by atoms with van der Waals surface area (Å²) in [6, 6.07) is 15.4. The van der Waals surface area contributed by atoms with Crippen LogP contribution in [0.2, 0.25) is 0 Å². The third-order valence-corrected chi connectivity index (χ3v) is 3.94. The normalized spacial score (nSPS) is 11.0. The highest BCUT2D eigenvalue weighted by molar-refractivity contribution is 5.94. The van der Waals surface area contributed by atoms with Crippen LogP contribution in [0, 0.1) is 6.92 Å². The number of ether oxygens (including phenoxy) is 1. The van der Waals surface area contributed by atoms with Gasteiger partial charge in [0, 0.05) is 25.2 Å². The Morgan fingerprint density at radius 2 is 1.63 bits per heavy atom. The van der Waals surface area contributed by atoms with Gasteiger partial charge in [-0.05, 0) is 43.7 Å². The summed E-state index contributed by atoms with van der Waals surface area (Å²) >= 11 is 0. The van der Waals surface area contributed by atoms with Gasteiger partial charge in [-0.25, -0.2) is 4.99 Å². The van der Waals surface area contributed by atoms with E-state index in [1.54, 1.807) is 31.4 Å². The third-order valence-electron chi connectivity index (χ3n) is 3.94. The average Bonchev–Trinajstić information content (AvgIpc) is 2.70. The molecular formula is C21H28N4O2. The quantitative estimate of drug-likeness (QED) is 0.380. The zero-order valence-corrected chi connectivity index (χ0v) is 16.2. The largest absolute Gasteiger partial charge is 0.497 e.